The summed E-state index contributed by atoms with van der Waals surface area (Å²) in [7, 11) is 1.60. The van der Waals surface area contributed by atoms with Crippen molar-refractivity contribution in [3.63, 3.8) is 0 Å². The zero-order valence-electron chi connectivity index (χ0n) is 19.8. The standard InChI is InChI=1S/C27H33N3O4/c1-33-24-11-10-21(28-13-6-3-7-14-28)16-22(24)27(32)29-17-23-25(18-29)34-19-26(31)30(23)15-12-20-8-4-2-5-9-20/h2,4-5,8-11,16,23,25H,3,6-7,12-15,17-19H2,1H3/t23-,25-/m0/s1. The van der Waals surface area contributed by atoms with Crippen LogP contribution in [0.4, 0.5) is 5.69 Å². The summed E-state index contributed by atoms with van der Waals surface area (Å²) >= 11 is 0. The van der Waals surface area contributed by atoms with E-state index in [2.05, 4.69) is 17.0 Å². The Hall–Kier alpha value is -3.06. The maximum atomic E-state index is 13.6. The number of carbonyl (C=O) groups excluding carboxylic acids is 2. The van der Waals surface area contributed by atoms with Crippen LogP contribution in [0.15, 0.2) is 48.5 Å². The molecule has 7 nitrogen and oxygen atoms in total. The van der Waals surface area contributed by atoms with Crippen molar-refractivity contribution in [1.29, 1.82) is 0 Å². The van der Waals surface area contributed by atoms with E-state index in [1.807, 2.05) is 46.2 Å². The Morgan fingerprint density at radius 3 is 2.62 bits per heavy atom. The molecule has 3 heterocycles. The largest absolute Gasteiger partial charge is 0.496 e. The molecular weight excluding hydrogens is 430 g/mol. The summed E-state index contributed by atoms with van der Waals surface area (Å²) in [6, 6.07) is 16.0. The summed E-state index contributed by atoms with van der Waals surface area (Å²) < 4.78 is 11.4. The van der Waals surface area contributed by atoms with Crippen molar-refractivity contribution in [1.82, 2.24) is 9.80 Å². The van der Waals surface area contributed by atoms with Crippen LogP contribution in [0, 0.1) is 0 Å². The van der Waals surface area contributed by atoms with Gasteiger partial charge in [-0.25, -0.2) is 0 Å². The molecule has 2 amide bonds. The van der Waals surface area contributed by atoms with Crippen molar-refractivity contribution in [3.05, 3.63) is 59.7 Å². The number of nitrogens with zero attached hydrogens (tertiary/aromatic N) is 3. The third kappa shape index (κ3) is 4.62. The number of anilines is 1. The van der Waals surface area contributed by atoms with E-state index in [0.717, 1.165) is 25.2 Å². The molecule has 2 atom stereocenters. The van der Waals surface area contributed by atoms with E-state index in [-0.39, 0.29) is 30.6 Å². The van der Waals surface area contributed by atoms with Crippen LogP contribution in [0.25, 0.3) is 0 Å². The number of morpholine rings is 1. The molecule has 0 aliphatic carbocycles. The van der Waals surface area contributed by atoms with Crippen LogP contribution in [0.5, 0.6) is 5.75 Å². The van der Waals surface area contributed by atoms with Crippen molar-refractivity contribution in [2.24, 2.45) is 0 Å². The highest BCUT2D eigenvalue weighted by Crippen LogP contribution is 2.31. The number of benzene rings is 2. The van der Waals surface area contributed by atoms with Crippen molar-refractivity contribution in [2.45, 2.75) is 37.8 Å². The number of hydrogen-bond acceptors (Lipinski definition) is 5. The van der Waals surface area contributed by atoms with Gasteiger partial charge in [0.1, 0.15) is 12.4 Å². The molecule has 0 bridgehead atoms. The lowest BCUT2D eigenvalue weighted by molar-refractivity contribution is -0.152. The van der Waals surface area contributed by atoms with E-state index in [0.29, 0.717) is 30.9 Å². The Kier molecular flexibility index (Phi) is 6.72. The molecule has 0 aromatic heterocycles. The van der Waals surface area contributed by atoms with Crippen LogP contribution in [-0.2, 0) is 16.0 Å². The van der Waals surface area contributed by atoms with Crippen LogP contribution in [0.3, 0.4) is 0 Å². The third-order valence-electron chi connectivity index (χ3n) is 7.28. The Bertz CT molecular complexity index is 1020. The monoisotopic (exact) mass is 463 g/mol. The molecule has 0 N–H and O–H groups in total. The highest BCUT2D eigenvalue weighted by Gasteiger charge is 2.44. The minimum Gasteiger partial charge on any atom is -0.496 e. The molecule has 0 saturated carbocycles. The number of likely N-dealkylation sites (tertiary alicyclic amines) is 1. The van der Waals surface area contributed by atoms with Crippen LogP contribution in [0.2, 0.25) is 0 Å². The predicted molar refractivity (Wildman–Crippen MR) is 130 cm³/mol. The van der Waals surface area contributed by atoms with Crippen molar-refractivity contribution in [3.8, 4) is 5.75 Å². The molecule has 0 unspecified atom stereocenters. The van der Waals surface area contributed by atoms with Gasteiger partial charge in [0.2, 0.25) is 5.91 Å². The molecule has 3 fully saturated rings. The van der Waals surface area contributed by atoms with E-state index in [4.69, 9.17) is 9.47 Å². The lowest BCUT2D eigenvalue weighted by Crippen LogP contribution is -2.54. The van der Waals surface area contributed by atoms with E-state index in [1.165, 1.54) is 24.8 Å². The Morgan fingerprint density at radius 1 is 1.06 bits per heavy atom. The number of fused-ring (bicyclic) bond motifs is 1. The van der Waals surface area contributed by atoms with Gasteiger partial charge in [0.15, 0.2) is 0 Å². The smallest absolute Gasteiger partial charge is 0.257 e. The van der Waals surface area contributed by atoms with Gasteiger partial charge < -0.3 is 24.2 Å². The number of methoxy groups -OCH3 is 1. The quantitative estimate of drug-likeness (QED) is 0.659. The zero-order valence-corrected chi connectivity index (χ0v) is 19.8. The van der Waals surface area contributed by atoms with E-state index >= 15 is 0 Å². The topological polar surface area (TPSA) is 62.3 Å². The van der Waals surface area contributed by atoms with Gasteiger partial charge in [-0.2, -0.15) is 0 Å². The van der Waals surface area contributed by atoms with Crippen molar-refractivity contribution < 1.29 is 19.1 Å². The summed E-state index contributed by atoms with van der Waals surface area (Å²) in [4.78, 5) is 32.4. The van der Waals surface area contributed by atoms with Gasteiger partial charge >= 0.3 is 0 Å². The molecule has 2 aromatic carbocycles. The van der Waals surface area contributed by atoms with Crippen LogP contribution < -0.4 is 9.64 Å². The number of piperidine rings is 1. The summed E-state index contributed by atoms with van der Waals surface area (Å²) in [5, 5.41) is 0. The SMILES string of the molecule is COc1ccc(N2CCCCC2)cc1C(=O)N1C[C@@H]2OCC(=O)N(CCc3ccccc3)[C@H]2C1. The zero-order chi connectivity index (χ0) is 23.5. The van der Waals surface area contributed by atoms with Crippen molar-refractivity contribution in [2.75, 3.05) is 51.3 Å². The average molecular weight is 464 g/mol. The predicted octanol–water partition coefficient (Wildman–Crippen LogP) is 2.98. The van der Waals surface area contributed by atoms with Crippen LogP contribution in [-0.4, -0.2) is 80.2 Å². The van der Waals surface area contributed by atoms with Gasteiger partial charge in [0.05, 0.1) is 24.8 Å². The molecule has 2 aromatic rings. The highest BCUT2D eigenvalue weighted by molar-refractivity contribution is 5.98. The van der Waals surface area contributed by atoms with Gasteiger partial charge in [-0.05, 0) is 49.4 Å². The van der Waals surface area contributed by atoms with Gasteiger partial charge in [0.25, 0.3) is 5.91 Å². The van der Waals surface area contributed by atoms with E-state index in [9.17, 15) is 9.59 Å². The van der Waals surface area contributed by atoms with E-state index < -0.39 is 0 Å². The van der Waals surface area contributed by atoms with Crippen LogP contribution in [0.1, 0.15) is 35.2 Å². The number of amides is 2. The molecule has 180 valence electrons. The number of carbonyl (C=O) groups is 2. The summed E-state index contributed by atoms with van der Waals surface area (Å²) in [5.41, 5.74) is 2.84. The third-order valence-corrected chi connectivity index (χ3v) is 7.28. The molecule has 3 saturated heterocycles. The number of rotatable bonds is 6. The first-order chi connectivity index (χ1) is 16.6. The summed E-state index contributed by atoms with van der Waals surface area (Å²) in [5.74, 6) is 0.513. The minimum atomic E-state index is -0.159. The average Bonchev–Trinajstić information content (AvgIpc) is 3.33. The van der Waals surface area contributed by atoms with Gasteiger partial charge in [-0.1, -0.05) is 30.3 Å². The Balaban J connectivity index is 1.32. The fourth-order valence-corrected chi connectivity index (χ4v) is 5.40. The maximum absolute atomic E-state index is 13.6. The number of hydrogen-bond donors (Lipinski definition) is 0. The fourth-order valence-electron chi connectivity index (χ4n) is 5.40. The lowest BCUT2D eigenvalue weighted by atomic mass is 10.1. The molecule has 0 spiro atoms. The first-order valence-electron chi connectivity index (χ1n) is 12.3. The first-order valence-corrected chi connectivity index (χ1v) is 12.3. The molecule has 0 radical (unpaired) electrons. The molecule has 5 rings (SSSR count). The first kappa shape index (κ1) is 22.7. The Labute approximate surface area is 201 Å². The molecule has 7 heteroatoms. The second kappa shape index (κ2) is 10.1. The Morgan fingerprint density at radius 2 is 1.85 bits per heavy atom. The van der Waals surface area contributed by atoms with Crippen LogP contribution >= 0.6 is 0 Å². The van der Waals surface area contributed by atoms with Gasteiger partial charge in [0, 0.05) is 38.4 Å². The van der Waals surface area contributed by atoms with E-state index in [1.54, 1.807) is 7.11 Å². The maximum Gasteiger partial charge on any atom is 0.257 e. The highest BCUT2D eigenvalue weighted by atomic mass is 16.5. The molecule has 3 aliphatic heterocycles. The van der Waals surface area contributed by atoms with Crippen molar-refractivity contribution >= 4 is 17.5 Å². The molecule has 3 aliphatic rings. The second-order valence-corrected chi connectivity index (χ2v) is 9.38. The second-order valence-electron chi connectivity index (χ2n) is 9.38. The van der Waals surface area contributed by atoms with Gasteiger partial charge in [-0.15, -0.1) is 0 Å². The molecular formula is C27H33N3O4. The normalized spacial score (nSPS) is 22.6. The lowest BCUT2D eigenvalue weighted by Gasteiger charge is -2.36. The molecule has 34 heavy (non-hydrogen) atoms. The number of ether oxygens (including phenoxy) is 2. The summed E-state index contributed by atoms with van der Waals surface area (Å²) in [6.45, 7) is 3.69. The fraction of sp³-hybridized carbons (Fsp3) is 0.481. The summed E-state index contributed by atoms with van der Waals surface area (Å²) in [6.07, 6.45) is 4.24. The van der Waals surface area contributed by atoms with Gasteiger partial charge in [-0.3, -0.25) is 9.59 Å². The minimum absolute atomic E-state index is 0.00356.